The summed E-state index contributed by atoms with van der Waals surface area (Å²) in [5, 5.41) is 12.1. The van der Waals surface area contributed by atoms with Gasteiger partial charge < -0.3 is 10.4 Å². The van der Waals surface area contributed by atoms with Crippen molar-refractivity contribution in [3.05, 3.63) is 23.9 Å². The van der Waals surface area contributed by atoms with Crippen molar-refractivity contribution in [3.8, 4) is 0 Å². The van der Waals surface area contributed by atoms with Gasteiger partial charge in [0, 0.05) is 19.3 Å². The molecule has 5 heteroatoms. The Kier molecular flexibility index (Phi) is 3.71. The molecule has 0 unspecified atom stereocenters. The number of rotatable bonds is 3. The van der Waals surface area contributed by atoms with E-state index in [1.165, 1.54) is 0 Å². The summed E-state index contributed by atoms with van der Waals surface area (Å²) in [5.74, 6) is 0.482. The number of aryl methyl sites for hydroxylation is 1. The van der Waals surface area contributed by atoms with Gasteiger partial charge in [-0.3, -0.25) is 9.69 Å². The van der Waals surface area contributed by atoms with Crippen LogP contribution in [0.1, 0.15) is 12.0 Å². The maximum atomic E-state index is 11.7. The normalized spacial score (nSPS) is 20.5. The summed E-state index contributed by atoms with van der Waals surface area (Å²) in [4.78, 5) is 17.7. The lowest BCUT2D eigenvalue weighted by atomic mass is 10.3. The van der Waals surface area contributed by atoms with Gasteiger partial charge in [-0.2, -0.15) is 0 Å². The van der Waals surface area contributed by atoms with Crippen molar-refractivity contribution >= 4 is 11.7 Å². The second-order valence-corrected chi connectivity index (χ2v) is 4.45. The summed E-state index contributed by atoms with van der Waals surface area (Å²) >= 11 is 0. The van der Waals surface area contributed by atoms with Crippen LogP contribution in [-0.4, -0.2) is 46.6 Å². The molecule has 1 aliphatic heterocycles. The van der Waals surface area contributed by atoms with Gasteiger partial charge in [-0.05, 0) is 25.0 Å². The van der Waals surface area contributed by atoms with Crippen molar-refractivity contribution in [1.29, 1.82) is 0 Å². The van der Waals surface area contributed by atoms with Crippen molar-refractivity contribution in [3.63, 3.8) is 0 Å². The average Bonchev–Trinajstić information content (AvgIpc) is 2.67. The van der Waals surface area contributed by atoms with Crippen LogP contribution in [0.4, 0.5) is 5.82 Å². The van der Waals surface area contributed by atoms with Gasteiger partial charge in [-0.15, -0.1) is 0 Å². The summed E-state index contributed by atoms with van der Waals surface area (Å²) in [6.45, 7) is 3.61. The van der Waals surface area contributed by atoms with E-state index in [0.29, 0.717) is 18.9 Å². The summed E-state index contributed by atoms with van der Waals surface area (Å²) in [7, 11) is 0. The maximum absolute atomic E-state index is 11.7. The summed E-state index contributed by atoms with van der Waals surface area (Å²) < 4.78 is 0. The molecule has 1 atom stereocenters. The molecule has 92 valence electrons. The molecule has 2 N–H and O–H groups in total. The number of nitrogens with zero attached hydrogens (tertiary/aromatic N) is 2. The number of nitrogens with one attached hydrogen (secondary N) is 1. The van der Waals surface area contributed by atoms with Crippen LogP contribution in [0.5, 0.6) is 0 Å². The van der Waals surface area contributed by atoms with Crippen LogP contribution in [-0.2, 0) is 4.79 Å². The maximum Gasteiger partial charge on any atom is 0.239 e. The Balaban J connectivity index is 1.83. The van der Waals surface area contributed by atoms with E-state index in [1.807, 2.05) is 17.9 Å². The fourth-order valence-corrected chi connectivity index (χ4v) is 1.88. The Morgan fingerprint density at radius 2 is 2.47 bits per heavy atom. The molecule has 0 saturated carbocycles. The molecule has 0 aromatic carbocycles. The molecule has 1 saturated heterocycles. The number of carbonyl (C=O) groups is 1. The average molecular weight is 235 g/mol. The van der Waals surface area contributed by atoms with Crippen molar-refractivity contribution in [2.24, 2.45) is 0 Å². The van der Waals surface area contributed by atoms with E-state index in [2.05, 4.69) is 10.3 Å². The molecule has 1 aliphatic rings. The Hall–Kier alpha value is -1.46. The van der Waals surface area contributed by atoms with E-state index >= 15 is 0 Å². The lowest BCUT2D eigenvalue weighted by Gasteiger charge is -2.14. The third kappa shape index (κ3) is 3.51. The molecule has 0 spiro atoms. The van der Waals surface area contributed by atoms with E-state index in [-0.39, 0.29) is 12.0 Å². The van der Waals surface area contributed by atoms with Crippen molar-refractivity contribution in [2.75, 3.05) is 25.0 Å². The third-order valence-corrected chi connectivity index (χ3v) is 2.79. The van der Waals surface area contributed by atoms with Crippen molar-refractivity contribution in [1.82, 2.24) is 9.88 Å². The molecular formula is C12H17N3O2. The van der Waals surface area contributed by atoms with Crippen LogP contribution in [0.2, 0.25) is 0 Å². The number of β-amino-alcohol motifs (C(OH)–C–C–N with tert-alkyl or cyclic N) is 1. The minimum absolute atomic E-state index is 0.0875. The van der Waals surface area contributed by atoms with Crippen molar-refractivity contribution < 1.29 is 9.90 Å². The van der Waals surface area contributed by atoms with Crippen molar-refractivity contribution in [2.45, 2.75) is 19.4 Å². The van der Waals surface area contributed by atoms with E-state index in [9.17, 15) is 9.90 Å². The minimum Gasteiger partial charge on any atom is -0.392 e. The zero-order valence-electron chi connectivity index (χ0n) is 9.89. The second kappa shape index (κ2) is 5.25. The highest BCUT2D eigenvalue weighted by atomic mass is 16.3. The number of likely N-dealkylation sites (tertiary alicyclic amines) is 1. The number of anilines is 1. The highest BCUT2D eigenvalue weighted by Gasteiger charge is 2.21. The van der Waals surface area contributed by atoms with Crippen LogP contribution >= 0.6 is 0 Å². The fourth-order valence-electron chi connectivity index (χ4n) is 1.88. The van der Waals surface area contributed by atoms with E-state index < -0.39 is 0 Å². The number of aromatic nitrogens is 1. The second-order valence-electron chi connectivity index (χ2n) is 4.45. The van der Waals surface area contributed by atoms with Gasteiger partial charge in [0.2, 0.25) is 5.91 Å². The molecule has 17 heavy (non-hydrogen) atoms. The Morgan fingerprint density at radius 1 is 1.65 bits per heavy atom. The van der Waals surface area contributed by atoms with E-state index in [1.54, 1.807) is 12.3 Å². The van der Waals surface area contributed by atoms with Crippen LogP contribution in [0.3, 0.4) is 0 Å². The molecule has 0 radical (unpaired) electrons. The summed E-state index contributed by atoms with van der Waals surface area (Å²) in [6, 6.07) is 3.69. The van der Waals surface area contributed by atoms with Gasteiger partial charge in [-0.1, -0.05) is 6.07 Å². The number of hydrogen-bond donors (Lipinski definition) is 2. The number of aliphatic hydroxyl groups is 1. The number of aliphatic hydroxyl groups excluding tert-OH is 1. The predicted molar refractivity (Wildman–Crippen MR) is 64.7 cm³/mol. The standard InChI is InChI=1S/C12H17N3O2/c1-9-2-3-11(13-6-9)14-12(17)8-15-5-4-10(16)7-15/h2-3,6,10,16H,4-5,7-8H2,1H3,(H,13,14,17)/t10-/m0/s1. The molecule has 5 nitrogen and oxygen atoms in total. The van der Waals surface area contributed by atoms with Gasteiger partial charge in [0.1, 0.15) is 5.82 Å². The first-order chi connectivity index (χ1) is 8.13. The SMILES string of the molecule is Cc1ccc(NC(=O)CN2CC[C@H](O)C2)nc1. The third-order valence-electron chi connectivity index (χ3n) is 2.79. The molecule has 0 aliphatic carbocycles. The number of pyridine rings is 1. The predicted octanol–water partition coefficient (Wildman–Crippen LogP) is 0.395. The number of carbonyl (C=O) groups excluding carboxylic acids is 1. The van der Waals surface area contributed by atoms with Gasteiger partial charge in [-0.25, -0.2) is 4.98 Å². The van der Waals surface area contributed by atoms with E-state index in [0.717, 1.165) is 18.5 Å². The first-order valence-electron chi connectivity index (χ1n) is 5.76. The molecule has 1 aromatic rings. The topological polar surface area (TPSA) is 65.5 Å². The summed E-state index contributed by atoms with van der Waals surface area (Å²) in [5.41, 5.74) is 1.06. The first kappa shape index (κ1) is 12.0. The number of hydrogen-bond acceptors (Lipinski definition) is 4. The van der Waals surface area contributed by atoms with Crippen LogP contribution in [0.15, 0.2) is 18.3 Å². The van der Waals surface area contributed by atoms with Crippen LogP contribution in [0, 0.1) is 6.92 Å². The van der Waals surface area contributed by atoms with E-state index in [4.69, 9.17) is 0 Å². The molecule has 0 bridgehead atoms. The van der Waals surface area contributed by atoms with Crippen LogP contribution in [0.25, 0.3) is 0 Å². The first-order valence-corrected chi connectivity index (χ1v) is 5.76. The Morgan fingerprint density at radius 3 is 3.06 bits per heavy atom. The van der Waals surface area contributed by atoms with Gasteiger partial charge in [0.15, 0.2) is 0 Å². The molecule has 2 rings (SSSR count). The Labute approximate surface area is 100 Å². The monoisotopic (exact) mass is 235 g/mol. The molecular weight excluding hydrogens is 218 g/mol. The molecule has 1 fully saturated rings. The highest BCUT2D eigenvalue weighted by molar-refractivity contribution is 5.91. The number of amides is 1. The minimum atomic E-state index is -0.291. The fraction of sp³-hybridized carbons (Fsp3) is 0.500. The van der Waals surface area contributed by atoms with Gasteiger partial charge >= 0.3 is 0 Å². The van der Waals surface area contributed by atoms with Gasteiger partial charge in [0.05, 0.1) is 12.6 Å². The van der Waals surface area contributed by atoms with Crippen LogP contribution < -0.4 is 5.32 Å². The largest absolute Gasteiger partial charge is 0.392 e. The zero-order chi connectivity index (χ0) is 12.3. The smallest absolute Gasteiger partial charge is 0.239 e. The molecule has 2 heterocycles. The zero-order valence-corrected chi connectivity index (χ0v) is 9.89. The Bertz CT molecular complexity index is 391. The molecule has 1 amide bonds. The quantitative estimate of drug-likeness (QED) is 0.795. The summed E-state index contributed by atoms with van der Waals surface area (Å²) in [6.07, 6.45) is 2.17. The lowest BCUT2D eigenvalue weighted by Crippen LogP contribution is -2.32. The highest BCUT2D eigenvalue weighted by Crippen LogP contribution is 2.09. The molecule has 1 aromatic heterocycles. The van der Waals surface area contributed by atoms with Gasteiger partial charge in [0.25, 0.3) is 0 Å². The lowest BCUT2D eigenvalue weighted by molar-refractivity contribution is -0.117.